The molecule has 1 aromatic rings. The Labute approximate surface area is 143 Å². The third kappa shape index (κ3) is 4.23. The first-order valence-electron chi connectivity index (χ1n) is 6.50. The van der Waals surface area contributed by atoms with Crippen molar-refractivity contribution in [3.63, 3.8) is 0 Å². The number of guanidine groups is 1. The molecule has 0 saturated heterocycles. The molecule has 1 N–H and O–H groups in total. The lowest BCUT2D eigenvalue weighted by Gasteiger charge is -2.27. The van der Waals surface area contributed by atoms with Gasteiger partial charge in [-0.2, -0.15) is 0 Å². The van der Waals surface area contributed by atoms with Crippen LogP contribution in [0.25, 0.3) is 0 Å². The molecule has 0 amide bonds. The number of aliphatic imine (C=N–C) groups is 1. The topological polar surface area (TPSA) is 30.9 Å². The fourth-order valence-corrected chi connectivity index (χ4v) is 2.49. The number of likely N-dealkylation sites (N-methyl/N-ethyl adjacent to an activating group) is 2. The number of hydrogen-bond donors (Lipinski definition) is 1. The summed E-state index contributed by atoms with van der Waals surface area (Å²) in [6, 6.07) is 8.23. The minimum Gasteiger partial charge on any atom is -0.354 e. The Morgan fingerprint density at radius 2 is 2.10 bits per heavy atom. The maximum absolute atomic E-state index is 6.29. The van der Waals surface area contributed by atoms with Gasteiger partial charge in [-0.25, -0.2) is 0 Å². The standard InChI is InChI=1S/C14H21ClN4.HI/c1-18(2)13(11-6-4-5-7-12(11)15)10-17-14-16-8-9-19(14)3;/h4-7,13H,8-10H2,1-3H3,(H,16,17);1H. The number of nitrogens with one attached hydrogen (secondary N) is 1. The Balaban J connectivity index is 0.00000200. The van der Waals surface area contributed by atoms with Gasteiger partial charge in [0.1, 0.15) is 0 Å². The Kier molecular flexibility index (Phi) is 7.05. The zero-order chi connectivity index (χ0) is 13.8. The van der Waals surface area contributed by atoms with E-state index < -0.39 is 0 Å². The van der Waals surface area contributed by atoms with Crippen molar-refractivity contribution in [1.29, 1.82) is 0 Å². The maximum Gasteiger partial charge on any atom is 0.193 e. The Bertz CT molecular complexity index is 464. The second kappa shape index (κ2) is 8.05. The van der Waals surface area contributed by atoms with Crippen molar-refractivity contribution < 1.29 is 0 Å². The molecule has 0 spiro atoms. The molecule has 0 bridgehead atoms. The molecule has 1 aliphatic rings. The van der Waals surface area contributed by atoms with Crippen LogP contribution >= 0.6 is 35.6 Å². The summed E-state index contributed by atoms with van der Waals surface area (Å²) in [5.74, 6) is 0.971. The van der Waals surface area contributed by atoms with Gasteiger partial charge in [0.15, 0.2) is 5.96 Å². The van der Waals surface area contributed by atoms with E-state index in [0.29, 0.717) is 0 Å². The average molecular weight is 409 g/mol. The number of halogens is 2. The molecule has 1 unspecified atom stereocenters. The highest BCUT2D eigenvalue weighted by Gasteiger charge is 2.19. The van der Waals surface area contributed by atoms with Crippen molar-refractivity contribution in [3.05, 3.63) is 34.9 Å². The SMILES string of the molecule is CN1CCN=C1NCC(c1ccccc1Cl)N(C)C.I. The lowest BCUT2D eigenvalue weighted by molar-refractivity contribution is 0.296. The minimum atomic E-state index is 0. The number of hydrogen-bond acceptors (Lipinski definition) is 4. The van der Waals surface area contributed by atoms with Gasteiger partial charge in [-0.15, -0.1) is 24.0 Å². The summed E-state index contributed by atoms with van der Waals surface area (Å²) in [5.41, 5.74) is 1.14. The summed E-state index contributed by atoms with van der Waals surface area (Å²) in [6.45, 7) is 2.65. The normalized spacial score (nSPS) is 15.8. The summed E-state index contributed by atoms with van der Waals surface area (Å²) in [6.07, 6.45) is 0. The van der Waals surface area contributed by atoms with Crippen LogP contribution in [0.3, 0.4) is 0 Å². The molecule has 0 aromatic heterocycles. The molecule has 0 saturated carbocycles. The zero-order valence-electron chi connectivity index (χ0n) is 12.1. The van der Waals surface area contributed by atoms with Gasteiger partial charge in [0.05, 0.1) is 12.6 Å². The van der Waals surface area contributed by atoms with Gasteiger partial charge in [-0.1, -0.05) is 29.8 Å². The average Bonchev–Trinajstić information content (AvgIpc) is 2.77. The molecule has 6 heteroatoms. The summed E-state index contributed by atoms with van der Waals surface area (Å²) in [4.78, 5) is 8.75. The van der Waals surface area contributed by atoms with Crippen LogP contribution in [0.15, 0.2) is 29.3 Å². The van der Waals surface area contributed by atoms with Crippen molar-refractivity contribution in [2.75, 3.05) is 40.8 Å². The van der Waals surface area contributed by atoms with Gasteiger partial charge in [0.2, 0.25) is 0 Å². The number of rotatable bonds is 4. The van der Waals surface area contributed by atoms with E-state index in [4.69, 9.17) is 11.6 Å². The molecule has 1 atom stereocenters. The van der Waals surface area contributed by atoms with Crippen LogP contribution in [0.1, 0.15) is 11.6 Å². The van der Waals surface area contributed by atoms with Crippen molar-refractivity contribution in [2.45, 2.75) is 6.04 Å². The van der Waals surface area contributed by atoms with Crippen LogP contribution in [0.5, 0.6) is 0 Å². The Hall–Kier alpha value is -0.530. The smallest absolute Gasteiger partial charge is 0.193 e. The van der Waals surface area contributed by atoms with Crippen LogP contribution in [0, 0.1) is 0 Å². The van der Waals surface area contributed by atoms with Crippen molar-refractivity contribution in [2.24, 2.45) is 4.99 Å². The lowest BCUT2D eigenvalue weighted by atomic mass is 10.1. The maximum atomic E-state index is 6.29. The van der Waals surface area contributed by atoms with E-state index in [9.17, 15) is 0 Å². The van der Waals surface area contributed by atoms with E-state index in [2.05, 4.69) is 47.3 Å². The molecular formula is C14H22ClIN4. The quantitative estimate of drug-likeness (QED) is 0.777. The molecule has 0 aliphatic carbocycles. The van der Waals surface area contributed by atoms with Gasteiger partial charge >= 0.3 is 0 Å². The van der Waals surface area contributed by atoms with Gasteiger partial charge in [0.25, 0.3) is 0 Å². The summed E-state index contributed by atoms with van der Waals surface area (Å²) in [7, 11) is 6.19. The van der Waals surface area contributed by atoms with E-state index in [1.165, 1.54) is 0 Å². The van der Waals surface area contributed by atoms with Crippen LogP contribution < -0.4 is 5.32 Å². The monoisotopic (exact) mass is 408 g/mol. The van der Waals surface area contributed by atoms with Gasteiger partial charge in [-0.05, 0) is 25.7 Å². The van der Waals surface area contributed by atoms with Crippen LogP contribution in [0.2, 0.25) is 5.02 Å². The highest BCUT2D eigenvalue weighted by molar-refractivity contribution is 14.0. The predicted molar refractivity (Wildman–Crippen MR) is 96.2 cm³/mol. The van der Waals surface area contributed by atoms with Gasteiger partial charge in [0, 0.05) is 25.2 Å². The third-order valence-corrected chi connectivity index (χ3v) is 3.74. The molecule has 20 heavy (non-hydrogen) atoms. The van der Waals surface area contributed by atoms with Crippen LogP contribution in [0.4, 0.5) is 0 Å². The van der Waals surface area contributed by atoms with Crippen molar-refractivity contribution >= 4 is 41.5 Å². The summed E-state index contributed by atoms with van der Waals surface area (Å²) < 4.78 is 0. The fourth-order valence-electron chi connectivity index (χ4n) is 2.23. The fraction of sp³-hybridized carbons (Fsp3) is 0.500. The molecule has 1 aromatic carbocycles. The molecule has 0 radical (unpaired) electrons. The van der Waals surface area contributed by atoms with E-state index in [-0.39, 0.29) is 30.0 Å². The third-order valence-electron chi connectivity index (χ3n) is 3.40. The largest absolute Gasteiger partial charge is 0.354 e. The van der Waals surface area contributed by atoms with E-state index in [1.807, 2.05) is 18.2 Å². The van der Waals surface area contributed by atoms with Crippen molar-refractivity contribution in [3.8, 4) is 0 Å². The second-order valence-corrected chi connectivity index (χ2v) is 5.42. The molecule has 112 valence electrons. The molecule has 4 nitrogen and oxygen atoms in total. The van der Waals surface area contributed by atoms with Gasteiger partial charge < -0.3 is 15.1 Å². The Morgan fingerprint density at radius 1 is 1.40 bits per heavy atom. The minimum absolute atomic E-state index is 0. The highest BCUT2D eigenvalue weighted by atomic mass is 127. The van der Waals surface area contributed by atoms with E-state index in [1.54, 1.807) is 0 Å². The molecule has 2 rings (SSSR count). The molecule has 1 heterocycles. The first-order chi connectivity index (χ1) is 9.09. The molecular weight excluding hydrogens is 387 g/mol. The second-order valence-electron chi connectivity index (χ2n) is 5.01. The number of nitrogens with zero attached hydrogens (tertiary/aromatic N) is 3. The predicted octanol–water partition coefficient (Wildman–Crippen LogP) is 2.45. The first-order valence-corrected chi connectivity index (χ1v) is 6.87. The molecule has 1 aliphatic heterocycles. The zero-order valence-corrected chi connectivity index (χ0v) is 15.2. The first kappa shape index (κ1) is 17.5. The lowest BCUT2D eigenvalue weighted by Crippen LogP contribution is -2.40. The van der Waals surface area contributed by atoms with E-state index >= 15 is 0 Å². The van der Waals surface area contributed by atoms with E-state index in [0.717, 1.165) is 36.2 Å². The van der Waals surface area contributed by atoms with Crippen LogP contribution in [-0.2, 0) is 0 Å². The van der Waals surface area contributed by atoms with Crippen molar-refractivity contribution in [1.82, 2.24) is 15.1 Å². The Morgan fingerprint density at radius 3 is 2.65 bits per heavy atom. The molecule has 0 fully saturated rings. The van der Waals surface area contributed by atoms with Gasteiger partial charge in [-0.3, -0.25) is 4.99 Å². The summed E-state index contributed by atoms with van der Waals surface area (Å²) in [5, 5.41) is 4.22. The van der Waals surface area contributed by atoms with Crippen LogP contribution in [-0.4, -0.2) is 56.5 Å². The highest BCUT2D eigenvalue weighted by Crippen LogP contribution is 2.25. The number of benzene rings is 1. The summed E-state index contributed by atoms with van der Waals surface area (Å²) >= 11 is 6.29.